The molecular weight excluding hydrogens is 390 g/mol. The van der Waals surface area contributed by atoms with Crippen molar-refractivity contribution < 1.29 is 9.59 Å². The molecule has 1 atom stereocenters. The van der Waals surface area contributed by atoms with Gasteiger partial charge in [0.2, 0.25) is 5.91 Å². The number of likely N-dealkylation sites (N-methyl/N-ethyl adjacent to an activating group) is 1. The van der Waals surface area contributed by atoms with Crippen LogP contribution in [0.3, 0.4) is 0 Å². The summed E-state index contributed by atoms with van der Waals surface area (Å²) in [5.74, 6) is 1.16. The second kappa shape index (κ2) is 9.88. The zero-order valence-corrected chi connectivity index (χ0v) is 17.6. The third-order valence-corrected chi connectivity index (χ3v) is 6.10. The van der Waals surface area contributed by atoms with E-state index in [2.05, 4.69) is 24.2 Å². The Balaban J connectivity index is 0.000000290. The minimum Gasteiger partial charge on any atom is -0.334 e. The van der Waals surface area contributed by atoms with Gasteiger partial charge in [-0.15, -0.1) is 0 Å². The van der Waals surface area contributed by atoms with Crippen LogP contribution in [0.1, 0.15) is 19.3 Å². The van der Waals surface area contributed by atoms with Crippen molar-refractivity contribution in [2.75, 3.05) is 32.1 Å². The quantitative estimate of drug-likeness (QED) is 0.743. The standard InChI is InChI=1S/C12H21N3O2S2.C6H5Cl/c1-14-10(16)9(3-8-19-2)13-12(14)4-6-15(7-5-12)11(17)18;7-6-4-2-1-3-5-6/h9,13H,3-8H2,1-2H3,(H,17,18);1-5H. The molecule has 5 nitrogen and oxygen atoms in total. The Morgan fingerprint density at radius 1 is 1.35 bits per heavy atom. The topological polar surface area (TPSA) is 52.7 Å². The summed E-state index contributed by atoms with van der Waals surface area (Å²) in [5.41, 5.74) is -0.264. The molecule has 0 saturated carbocycles. The highest BCUT2D eigenvalue weighted by atomic mass is 35.5. The molecule has 2 heterocycles. The van der Waals surface area contributed by atoms with Crippen LogP contribution >= 0.6 is 36.0 Å². The molecule has 1 aromatic carbocycles. The molecule has 1 unspecified atom stereocenters. The average Bonchev–Trinajstić information content (AvgIpc) is 2.86. The smallest absolute Gasteiger partial charge is 0.278 e. The van der Waals surface area contributed by atoms with Gasteiger partial charge in [-0.05, 0) is 30.6 Å². The maximum absolute atomic E-state index is 12.3. The van der Waals surface area contributed by atoms with Crippen molar-refractivity contribution in [3.63, 3.8) is 0 Å². The number of benzene rings is 1. The molecule has 0 radical (unpaired) electrons. The maximum atomic E-state index is 12.3. The van der Waals surface area contributed by atoms with Crippen LogP contribution in [0.25, 0.3) is 0 Å². The summed E-state index contributed by atoms with van der Waals surface area (Å²) in [6.45, 7) is 1.31. The number of thiol groups is 1. The van der Waals surface area contributed by atoms with Gasteiger partial charge in [0, 0.05) is 38.0 Å². The first-order valence-electron chi connectivity index (χ1n) is 8.62. The molecule has 2 amide bonds. The van der Waals surface area contributed by atoms with Crippen molar-refractivity contribution in [1.82, 2.24) is 15.1 Å². The normalized spacial score (nSPS) is 21.5. The molecule has 0 aromatic heterocycles. The van der Waals surface area contributed by atoms with Crippen LogP contribution in [0.5, 0.6) is 0 Å². The molecule has 2 aliphatic rings. The summed E-state index contributed by atoms with van der Waals surface area (Å²) >= 11 is 11.2. The van der Waals surface area contributed by atoms with Crippen LogP contribution in [0, 0.1) is 0 Å². The Morgan fingerprint density at radius 2 is 1.96 bits per heavy atom. The van der Waals surface area contributed by atoms with Crippen molar-refractivity contribution in [3.8, 4) is 0 Å². The minimum atomic E-state index is -0.264. The highest BCUT2D eigenvalue weighted by Gasteiger charge is 2.49. The number of piperidine rings is 1. The maximum Gasteiger partial charge on any atom is 0.278 e. The molecule has 26 heavy (non-hydrogen) atoms. The molecule has 1 N–H and O–H groups in total. The molecule has 2 fully saturated rings. The number of rotatable bonds is 3. The summed E-state index contributed by atoms with van der Waals surface area (Å²) in [4.78, 5) is 27.1. The molecule has 0 aliphatic carbocycles. The van der Waals surface area contributed by atoms with E-state index in [4.69, 9.17) is 11.6 Å². The van der Waals surface area contributed by atoms with Crippen molar-refractivity contribution in [3.05, 3.63) is 35.4 Å². The molecule has 2 saturated heterocycles. The number of thioether (sulfide) groups is 1. The van der Waals surface area contributed by atoms with Gasteiger partial charge in [0.05, 0.1) is 11.7 Å². The van der Waals surface area contributed by atoms with Crippen LogP contribution < -0.4 is 5.32 Å². The van der Waals surface area contributed by atoms with Crippen LogP contribution in [-0.2, 0) is 4.79 Å². The SMILES string of the molecule is CSCCC1NC2(CCN(C(=O)S)CC2)N(C)C1=O.Clc1ccccc1. The van der Waals surface area contributed by atoms with Crippen molar-refractivity contribution in [1.29, 1.82) is 0 Å². The van der Waals surface area contributed by atoms with E-state index in [0.717, 1.165) is 30.0 Å². The van der Waals surface area contributed by atoms with Gasteiger partial charge >= 0.3 is 0 Å². The third kappa shape index (κ3) is 5.31. The van der Waals surface area contributed by atoms with Gasteiger partial charge in [-0.3, -0.25) is 14.9 Å². The summed E-state index contributed by atoms with van der Waals surface area (Å²) in [7, 11) is 1.87. The molecule has 2 aliphatic heterocycles. The Kier molecular flexibility index (Phi) is 8.13. The predicted molar refractivity (Wildman–Crippen MR) is 112 cm³/mol. The molecule has 8 heteroatoms. The largest absolute Gasteiger partial charge is 0.334 e. The van der Waals surface area contributed by atoms with Crippen LogP contribution in [0.2, 0.25) is 5.02 Å². The van der Waals surface area contributed by atoms with Gasteiger partial charge in [0.15, 0.2) is 0 Å². The summed E-state index contributed by atoms with van der Waals surface area (Å²) in [5, 5.41) is 4.11. The molecule has 144 valence electrons. The number of carbonyl (C=O) groups excluding carboxylic acids is 2. The number of nitrogens with one attached hydrogen (secondary N) is 1. The van der Waals surface area contributed by atoms with Gasteiger partial charge in [0.25, 0.3) is 5.24 Å². The fourth-order valence-corrected chi connectivity index (χ4v) is 4.14. The summed E-state index contributed by atoms with van der Waals surface area (Å²) in [6.07, 6.45) is 4.46. The Labute approximate surface area is 170 Å². The average molecular weight is 416 g/mol. The lowest BCUT2D eigenvalue weighted by Gasteiger charge is -2.42. The van der Waals surface area contributed by atoms with Gasteiger partial charge < -0.3 is 9.80 Å². The predicted octanol–water partition coefficient (Wildman–Crippen LogP) is 3.35. The zero-order valence-electron chi connectivity index (χ0n) is 15.2. The second-order valence-electron chi connectivity index (χ2n) is 6.47. The molecule has 1 spiro atoms. The number of hydrogen-bond acceptors (Lipinski definition) is 4. The molecule has 1 aromatic rings. The summed E-state index contributed by atoms with van der Waals surface area (Å²) < 4.78 is 0. The van der Waals surface area contributed by atoms with E-state index in [1.807, 2.05) is 42.3 Å². The number of nitrogens with zero attached hydrogens (tertiary/aromatic N) is 2. The van der Waals surface area contributed by atoms with Crippen LogP contribution in [-0.4, -0.2) is 64.8 Å². The van der Waals surface area contributed by atoms with Crippen molar-refractivity contribution in [2.24, 2.45) is 0 Å². The van der Waals surface area contributed by atoms with Gasteiger partial charge in [-0.2, -0.15) is 11.8 Å². The van der Waals surface area contributed by atoms with E-state index in [9.17, 15) is 9.59 Å². The first-order valence-corrected chi connectivity index (χ1v) is 10.8. The van der Waals surface area contributed by atoms with Crippen molar-refractivity contribution in [2.45, 2.75) is 31.0 Å². The lowest BCUT2D eigenvalue weighted by atomic mass is 9.97. The van der Waals surface area contributed by atoms with E-state index < -0.39 is 0 Å². The molecule has 0 bridgehead atoms. The van der Waals surface area contributed by atoms with E-state index in [-0.39, 0.29) is 22.9 Å². The Bertz CT molecular complexity index is 610. The van der Waals surface area contributed by atoms with Crippen molar-refractivity contribution >= 4 is 47.1 Å². The minimum absolute atomic E-state index is 0.0734. The zero-order chi connectivity index (χ0) is 19.2. The fraction of sp³-hybridized carbons (Fsp3) is 0.556. The van der Waals surface area contributed by atoms with E-state index in [1.165, 1.54) is 0 Å². The number of halogens is 1. The molecule has 3 rings (SSSR count). The lowest BCUT2D eigenvalue weighted by molar-refractivity contribution is -0.131. The lowest BCUT2D eigenvalue weighted by Crippen LogP contribution is -2.58. The number of amides is 2. The Morgan fingerprint density at radius 3 is 2.42 bits per heavy atom. The van der Waals surface area contributed by atoms with Gasteiger partial charge in [-0.1, -0.05) is 42.4 Å². The first-order chi connectivity index (χ1) is 12.4. The van der Waals surface area contributed by atoms with Gasteiger partial charge in [0.1, 0.15) is 0 Å². The van der Waals surface area contributed by atoms with E-state index >= 15 is 0 Å². The fourth-order valence-electron chi connectivity index (χ4n) is 3.32. The number of likely N-dealkylation sites (tertiary alicyclic amines) is 1. The molecular formula is C18H26ClN3O2S2. The number of carbonyl (C=O) groups is 2. The van der Waals surface area contributed by atoms with E-state index in [0.29, 0.717) is 13.1 Å². The van der Waals surface area contributed by atoms with Gasteiger partial charge in [-0.25, -0.2) is 0 Å². The van der Waals surface area contributed by atoms with Crippen LogP contribution in [0.4, 0.5) is 4.79 Å². The second-order valence-corrected chi connectivity index (χ2v) is 8.28. The van der Waals surface area contributed by atoms with Crippen LogP contribution in [0.15, 0.2) is 30.3 Å². The first kappa shape index (κ1) is 21.4. The number of hydrogen-bond donors (Lipinski definition) is 2. The third-order valence-electron chi connectivity index (χ3n) is 4.92. The van der Waals surface area contributed by atoms with E-state index in [1.54, 1.807) is 16.7 Å². The summed E-state index contributed by atoms with van der Waals surface area (Å²) in [6, 6.07) is 9.37. The Hall–Kier alpha value is -0.890. The monoisotopic (exact) mass is 415 g/mol. The highest BCUT2D eigenvalue weighted by molar-refractivity contribution is 7.98. The highest BCUT2D eigenvalue weighted by Crippen LogP contribution is 2.32.